The van der Waals surface area contributed by atoms with Gasteiger partial charge in [-0.2, -0.15) is 0 Å². The number of ether oxygens (including phenoxy) is 5. The monoisotopic (exact) mass is 1050 g/mol. The summed E-state index contributed by atoms with van der Waals surface area (Å²) in [6, 6.07) is 5.61. The Morgan fingerprint density at radius 3 is 2.27 bits per heavy atom. The van der Waals surface area contributed by atoms with Crippen molar-refractivity contribution in [2.75, 3.05) is 55.1 Å². The Balaban J connectivity index is 1.38. The van der Waals surface area contributed by atoms with Crippen LogP contribution in [0.1, 0.15) is 113 Å². The number of amides is 1. The summed E-state index contributed by atoms with van der Waals surface area (Å²) >= 11 is 0. The SMILES string of the molecule is CC[C@H]1OC(=O)[C@H](C)[C@@H](C2C[C@@](C)(OC)[C@@H](O)[C@H](C)O2)[C@H](C)[C@@H](O[C@@H]2O[C@H](C)C[C@H](N(C)CCC(=O)N[C@H](CF)Cc3ccc(-n4cc(CN(C)C)nn4)cc3)[C@H]2O)[C@](C)(O)C[C@@H](C)CN(C)[C@H](C)[C@@H](O)[C@]1(C)O. The first-order chi connectivity index (χ1) is 34.6. The molecule has 19 nitrogen and oxygen atoms in total. The second kappa shape index (κ2) is 25.9. The van der Waals surface area contributed by atoms with Crippen molar-refractivity contribution in [1.29, 1.82) is 0 Å². The van der Waals surface area contributed by atoms with Crippen molar-refractivity contribution in [3.05, 3.63) is 41.7 Å². The fourth-order valence-electron chi connectivity index (χ4n) is 12.0. The molecule has 6 N–H and O–H groups in total. The van der Waals surface area contributed by atoms with Crippen LogP contribution >= 0.6 is 0 Å². The van der Waals surface area contributed by atoms with Gasteiger partial charge in [0.15, 0.2) is 6.29 Å². The second-order valence-electron chi connectivity index (χ2n) is 23.2. The number of halogens is 1. The molecule has 1 amide bonds. The maximum Gasteiger partial charge on any atom is 0.309 e. The molecule has 0 bridgehead atoms. The molecule has 0 saturated carbocycles. The lowest BCUT2D eigenvalue weighted by Gasteiger charge is -2.51. The number of carbonyl (C=O) groups is 2. The van der Waals surface area contributed by atoms with E-state index in [0.29, 0.717) is 19.5 Å². The third-order valence-corrected chi connectivity index (χ3v) is 16.4. The maximum absolute atomic E-state index is 14.6. The van der Waals surface area contributed by atoms with Gasteiger partial charge in [0.2, 0.25) is 5.91 Å². The number of esters is 1. The maximum atomic E-state index is 14.6. The quantitative estimate of drug-likeness (QED) is 0.133. The molecule has 1 aromatic carbocycles. The van der Waals surface area contributed by atoms with Gasteiger partial charge < -0.3 is 69.2 Å². The molecular weight excluding hydrogens is 958 g/mol. The molecule has 20 heteroatoms. The van der Waals surface area contributed by atoms with E-state index >= 15 is 0 Å². The Hall–Kier alpha value is -3.25. The molecule has 0 aliphatic carbocycles. The number of aliphatic hydroxyl groups is 5. The van der Waals surface area contributed by atoms with Gasteiger partial charge in [0, 0.05) is 57.6 Å². The summed E-state index contributed by atoms with van der Waals surface area (Å²) in [7, 11) is 9.06. The van der Waals surface area contributed by atoms with Gasteiger partial charge in [-0.1, -0.05) is 45.0 Å². The molecule has 3 fully saturated rings. The van der Waals surface area contributed by atoms with E-state index in [0.717, 1.165) is 16.9 Å². The van der Waals surface area contributed by atoms with Crippen LogP contribution in [-0.2, 0) is 46.2 Å². The Morgan fingerprint density at radius 1 is 1.00 bits per heavy atom. The van der Waals surface area contributed by atoms with E-state index in [9.17, 15) is 39.5 Å². The standard InChI is InChI=1S/C54H92FN7O12/c1-16-43-54(10,69)47(65)35(6)61(14)28-31(2)25-52(8,68)49(33(4)45(34(5)50(67)73-43)42-26-53(9,70-15)48(66)36(7)72-42)74-51-46(64)41(23-32(3)71-51)60(13)22-21-44(63)56-38(27-55)24-37-17-19-40(20-18-37)62-30-39(57-58-62)29-59(11)12/h17-20,30-36,38,41-43,45-49,51,64-66,68-69H,16,21-29H2,1-15H3,(H,56,63)/t31-,32-,33+,34-,35-,36+,38+,41+,42?,43-,45+,46-,47-,48+,49-,51+,52-,53-,54-/m1/s1. The highest BCUT2D eigenvalue weighted by Gasteiger charge is 2.55. The van der Waals surface area contributed by atoms with E-state index in [2.05, 4.69) is 15.6 Å². The third kappa shape index (κ3) is 14.9. The minimum Gasteiger partial charge on any atom is -0.459 e. The summed E-state index contributed by atoms with van der Waals surface area (Å²) in [5, 5.41) is 71.3. The van der Waals surface area contributed by atoms with Gasteiger partial charge in [-0.15, -0.1) is 5.10 Å². The highest BCUT2D eigenvalue weighted by molar-refractivity contribution is 5.76. The molecule has 2 aromatic rings. The number of alkyl halides is 1. The van der Waals surface area contributed by atoms with E-state index in [-0.39, 0.29) is 50.5 Å². The molecule has 74 heavy (non-hydrogen) atoms. The number of carbonyl (C=O) groups excluding carboxylic acids is 2. The van der Waals surface area contributed by atoms with Crippen LogP contribution in [0.3, 0.4) is 0 Å². The molecule has 1 unspecified atom stereocenters. The van der Waals surface area contributed by atoms with Gasteiger partial charge >= 0.3 is 5.97 Å². The van der Waals surface area contributed by atoms with Crippen LogP contribution in [0.15, 0.2) is 30.5 Å². The predicted octanol–water partition coefficient (Wildman–Crippen LogP) is 3.27. The number of aromatic nitrogens is 3. The van der Waals surface area contributed by atoms with Crippen LogP contribution < -0.4 is 5.32 Å². The Labute approximate surface area is 439 Å². The lowest BCUT2D eigenvalue weighted by atomic mass is 9.68. The molecule has 1 aromatic heterocycles. The number of benzene rings is 1. The number of nitrogens with zero attached hydrogens (tertiary/aromatic N) is 6. The van der Waals surface area contributed by atoms with Crippen LogP contribution in [0, 0.1) is 23.7 Å². The number of hydrogen-bond acceptors (Lipinski definition) is 17. The van der Waals surface area contributed by atoms with Crippen molar-refractivity contribution in [1.82, 2.24) is 35.0 Å². The van der Waals surface area contributed by atoms with Crippen LogP contribution in [0.4, 0.5) is 4.39 Å². The van der Waals surface area contributed by atoms with Gasteiger partial charge in [-0.25, -0.2) is 9.07 Å². The number of nitrogens with one attached hydrogen (secondary N) is 1. The van der Waals surface area contributed by atoms with Crippen molar-refractivity contribution < 1.29 is 63.2 Å². The van der Waals surface area contributed by atoms with Gasteiger partial charge in [-0.3, -0.25) is 9.59 Å². The lowest BCUT2D eigenvalue weighted by molar-refractivity contribution is -0.302. The lowest BCUT2D eigenvalue weighted by Crippen LogP contribution is -2.62. The number of methoxy groups -OCH3 is 1. The summed E-state index contributed by atoms with van der Waals surface area (Å²) in [4.78, 5) is 33.8. The zero-order valence-electron chi connectivity index (χ0n) is 46.9. The molecular formula is C54H92FN7O12. The number of hydrogen-bond donors (Lipinski definition) is 6. The van der Waals surface area contributed by atoms with Crippen LogP contribution in [-0.4, -0.2) is 212 Å². The average molecular weight is 1050 g/mol. The molecule has 3 saturated heterocycles. The van der Waals surface area contributed by atoms with E-state index in [1.54, 1.807) is 53.3 Å². The summed E-state index contributed by atoms with van der Waals surface area (Å²) < 4.78 is 48.2. The predicted molar refractivity (Wildman–Crippen MR) is 277 cm³/mol. The smallest absolute Gasteiger partial charge is 0.309 e. The van der Waals surface area contributed by atoms with Crippen LogP contribution in [0.2, 0.25) is 0 Å². The Bertz CT molecular complexity index is 2080. The summed E-state index contributed by atoms with van der Waals surface area (Å²) in [6.07, 6.45) is -5.92. The molecule has 3 aliphatic heterocycles. The topological polar surface area (TPSA) is 234 Å². The third-order valence-electron chi connectivity index (χ3n) is 16.4. The molecule has 422 valence electrons. The van der Waals surface area contributed by atoms with Crippen molar-refractivity contribution >= 4 is 11.9 Å². The first-order valence-electron chi connectivity index (χ1n) is 26.7. The van der Waals surface area contributed by atoms with E-state index < -0.39 is 120 Å². The van der Waals surface area contributed by atoms with Crippen molar-refractivity contribution in [3.8, 4) is 5.69 Å². The first-order valence-corrected chi connectivity index (χ1v) is 26.7. The fraction of sp³-hybridized carbons (Fsp3) is 0.815. The van der Waals surface area contributed by atoms with E-state index in [1.807, 2.05) is 87.1 Å². The second-order valence-corrected chi connectivity index (χ2v) is 23.2. The highest BCUT2D eigenvalue weighted by Crippen LogP contribution is 2.45. The number of likely N-dealkylation sites (N-methyl/N-ethyl adjacent to an activating group) is 2. The Kier molecular flexibility index (Phi) is 21.6. The Morgan fingerprint density at radius 2 is 1.66 bits per heavy atom. The molecule has 0 radical (unpaired) electrons. The minimum absolute atomic E-state index is 0.0206. The van der Waals surface area contributed by atoms with E-state index in [1.165, 1.54) is 14.0 Å². The van der Waals surface area contributed by atoms with E-state index in [4.69, 9.17) is 23.7 Å². The van der Waals surface area contributed by atoms with Crippen molar-refractivity contribution in [2.45, 2.75) is 204 Å². The molecule has 5 rings (SSSR count). The summed E-state index contributed by atoms with van der Waals surface area (Å²) in [5.74, 6) is -3.69. The number of aliphatic hydroxyl groups excluding tert-OH is 3. The highest BCUT2D eigenvalue weighted by atomic mass is 19.1. The normalized spacial score (nSPS) is 38.8. The van der Waals surface area contributed by atoms with Gasteiger partial charge in [0.1, 0.15) is 36.7 Å². The molecule has 3 aliphatic rings. The fourth-order valence-corrected chi connectivity index (χ4v) is 12.0. The summed E-state index contributed by atoms with van der Waals surface area (Å²) in [6.45, 7) is 18.2. The average Bonchev–Trinajstić information content (AvgIpc) is 3.80. The first kappa shape index (κ1) is 61.6. The van der Waals surface area contributed by atoms with Gasteiger partial charge in [0.25, 0.3) is 0 Å². The van der Waals surface area contributed by atoms with Crippen LogP contribution in [0.5, 0.6) is 0 Å². The molecule has 4 heterocycles. The van der Waals surface area contributed by atoms with Gasteiger partial charge in [-0.05, 0) is 125 Å². The van der Waals surface area contributed by atoms with Crippen LogP contribution in [0.25, 0.3) is 5.69 Å². The number of rotatable bonds is 16. The van der Waals surface area contributed by atoms with Crippen molar-refractivity contribution in [2.24, 2.45) is 23.7 Å². The molecule has 0 spiro atoms. The summed E-state index contributed by atoms with van der Waals surface area (Å²) in [5.41, 5.74) is -2.09. The minimum atomic E-state index is -1.84. The van der Waals surface area contributed by atoms with Crippen molar-refractivity contribution in [3.63, 3.8) is 0 Å². The largest absolute Gasteiger partial charge is 0.459 e. The zero-order chi connectivity index (χ0) is 55.2. The number of cyclic esters (lactones) is 1. The zero-order valence-corrected chi connectivity index (χ0v) is 46.9. The molecule has 19 atom stereocenters. The van der Waals surface area contributed by atoms with Gasteiger partial charge in [0.05, 0.1) is 65.2 Å².